The third kappa shape index (κ3) is 2.25. The molecular formula is C13H17NO2. The van der Waals surface area contributed by atoms with Crippen LogP contribution in [-0.2, 0) is 10.6 Å². The van der Waals surface area contributed by atoms with Gasteiger partial charge in [-0.2, -0.15) is 0 Å². The molecular weight excluding hydrogens is 202 g/mol. The monoisotopic (exact) mass is 219 g/mol. The van der Waals surface area contributed by atoms with Gasteiger partial charge >= 0.3 is 0 Å². The van der Waals surface area contributed by atoms with Gasteiger partial charge in [0.25, 0.3) is 5.79 Å². The van der Waals surface area contributed by atoms with Crippen molar-refractivity contribution in [1.82, 2.24) is 0 Å². The first kappa shape index (κ1) is 11.1. The molecule has 1 aromatic carbocycles. The van der Waals surface area contributed by atoms with Crippen molar-refractivity contribution >= 4 is 5.71 Å². The number of nitrogens with zero attached hydrogens (tertiary/aromatic N) is 1. The molecule has 0 bridgehead atoms. The van der Waals surface area contributed by atoms with E-state index in [1.807, 2.05) is 30.3 Å². The fourth-order valence-electron chi connectivity index (χ4n) is 1.85. The molecule has 2 rings (SSSR count). The fraction of sp³-hybridized carbons (Fsp3) is 0.462. The van der Waals surface area contributed by atoms with Crippen molar-refractivity contribution in [2.24, 2.45) is 5.16 Å². The summed E-state index contributed by atoms with van der Waals surface area (Å²) in [6, 6.07) is 9.42. The second-order valence-electron chi connectivity index (χ2n) is 4.18. The molecule has 3 heteroatoms. The fourth-order valence-corrected chi connectivity index (χ4v) is 1.85. The van der Waals surface area contributed by atoms with Crippen molar-refractivity contribution in [2.75, 3.05) is 0 Å². The lowest BCUT2D eigenvalue weighted by Crippen LogP contribution is -2.25. The van der Waals surface area contributed by atoms with Gasteiger partial charge in [-0.3, -0.25) is 0 Å². The van der Waals surface area contributed by atoms with E-state index in [-0.39, 0.29) is 0 Å². The van der Waals surface area contributed by atoms with Crippen LogP contribution in [0.2, 0.25) is 0 Å². The zero-order chi connectivity index (χ0) is 11.4. The quantitative estimate of drug-likeness (QED) is 0.846. The Morgan fingerprint density at radius 2 is 2.12 bits per heavy atom. The summed E-state index contributed by atoms with van der Waals surface area (Å²) < 4.78 is 0. The molecule has 0 fully saturated rings. The van der Waals surface area contributed by atoms with E-state index in [4.69, 9.17) is 4.84 Å². The summed E-state index contributed by atoms with van der Waals surface area (Å²) in [7, 11) is 0. The van der Waals surface area contributed by atoms with Gasteiger partial charge in [0.05, 0.1) is 12.1 Å². The van der Waals surface area contributed by atoms with E-state index in [9.17, 15) is 5.11 Å². The van der Waals surface area contributed by atoms with Gasteiger partial charge in [-0.25, -0.2) is 0 Å². The number of hydrogen-bond donors (Lipinski definition) is 1. The Hall–Kier alpha value is -1.35. The second kappa shape index (κ2) is 4.66. The van der Waals surface area contributed by atoms with Gasteiger partial charge in [0, 0.05) is 5.56 Å². The minimum atomic E-state index is -1.25. The van der Waals surface area contributed by atoms with Crippen LogP contribution in [-0.4, -0.2) is 10.8 Å². The third-order valence-electron chi connectivity index (χ3n) is 2.81. The molecule has 86 valence electrons. The first-order chi connectivity index (χ1) is 7.74. The van der Waals surface area contributed by atoms with Crippen LogP contribution in [0, 0.1) is 0 Å². The maximum absolute atomic E-state index is 10.3. The van der Waals surface area contributed by atoms with Crippen LogP contribution in [0.3, 0.4) is 0 Å². The lowest BCUT2D eigenvalue weighted by atomic mass is 9.98. The van der Waals surface area contributed by atoms with Crippen LogP contribution >= 0.6 is 0 Å². The second-order valence-corrected chi connectivity index (χ2v) is 4.18. The number of unbranched alkanes of at least 4 members (excludes halogenated alkanes) is 1. The van der Waals surface area contributed by atoms with Gasteiger partial charge in [-0.15, -0.1) is 0 Å². The van der Waals surface area contributed by atoms with Crippen molar-refractivity contribution in [3.05, 3.63) is 35.9 Å². The highest BCUT2D eigenvalue weighted by molar-refractivity contribution is 5.85. The van der Waals surface area contributed by atoms with E-state index in [1.165, 1.54) is 0 Å². The molecule has 3 nitrogen and oxygen atoms in total. The van der Waals surface area contributed by atoms with Crippen molar-refractivity contribution < 1.29 is 9.94 Å². The topological polar surface area (TPSA) is 41.8 Å². The molecule has 0 aromatic heterocycles. The average molecular weight is 219 g/mol. The van der Waals surface area contributed by atoms with Gasteiger partial charge in [0.2, 0.25) is 0 Å². The van der Waals surface area contributed by atoms with Gasteiger partial charge in [0.15, 0.2) is 0 Å². The molecule has 16 heavy (non-hydrogen) atoms. The molecule has 1 atom stereocenters. The van der Waals surface area contributed by atoms with Gasteiger partial charge in [-0.05, 0) is 12.8 Å². The van der Waals surface area contributed by atoms with Crippen molar-refractivity contribution in [3.63, 3.8) is 0 Å². The predicted octanol–water partition coefficient (Wildman–Crippen LogP) is 2.80. The van der Waals surface area contributed by atoms with Crippen molar-refractivity contribution in [2.45, 2.75) is 38.4 Å². The predicted molar refractivity (Wildman–Crippen MR) is 63.0 cm³/mol. The maximum atomic E-state index is 10.3. The molecule has 1 N–H and O–H groups in total. The molecule has 0 amide bonds. The molecule has 1 aliphatic rings. The molecule has 0 saturated heterocycles. The minimum absolute atomic E-state index is 0.483. The van der Waals surface area contributed by atoms with Crippen LogP contribution in [0.4, 0.5) is 0 Å². The summed E-state index contributed by atoms with van der Waals surface area (Å²) in [4.78, 5) is 5.18. The summed E-state index contributed by atoms with van der Waals surface area (Å²) >= 11 is 0. The van der Waals surface area contributed by atoms with E-state index < -0.39 is 5.79 Å². The molecule has 0 aliphatic carbocycles. The molecule has 1 heterocycles. The van der Waals surface area contributed by atoms with Gasteiger partial charge in [-0.1, -0.05) is 48.8 Å². The van der Waals surface area contributed by atoms with Gasteiger partial charge in [0.1, 0.15) is 0 Å². The Bertz CT molecular complexity index is 375. The van der Waals surface area contributed by atoms with Crippen molar-refractivity contribution in [3.8, 4) is 0 Å². The molecule has 1 unspecified atom stereocenters. The molecule has 1 aromatic rings. The Balaban J connectivity index is 2.03. The van der Waals surface area contributed by atoms with Crippen LogP contribution < -0.4 is 0 Å². The van der Waals surface area contributed by atoms with Crippen LogP contribution in [0.5, 0.6) is 0 Å². The Labute approximate surface area is 95.7 Å². The van der Waals surface area contributed by atoms with Crippen LogP contribution in [0.25, 0.3) is 0 Å². The van der Waals surface area contributed by atoms with Crippen LogP contribution in [0.15, 0.2) is 35.5 Å². The summed E-state index contributed by atoms with van der Waals surface area (Å²) in [6.07, 6.45) is 3.61. The zero-order valence-corrected chi connectivity index (χ0v) is 9.52. The van der Waals surface area contributed by atoms with E-state index in [1.54, 1.807) is 0 Å². The van der Waals surface area contributed by atoms with E-state index in [0.29, 0.717) is 6.42 Å². The summed E-state index contributed by atoms with van der Waals surface area (Å²) in [5.41, 5.74) is 1.72. The Kier molecular flexibility index (Phi) is 3.25. The first-order valence-electron chi connectivity index (χ1n) is 5.76. The van der Waals surface area contributed by atoms with Crippen LogP contribution in [0.1, 0.15) is 38.2 Å². The van der Waals surface area contributed by atoms with Gasteiger partial charge < -0.3 is 9.94 Å². The number of oxime groups is 1. The van der Waals surface area contributed by atoms with E-state index in [0.717, 1.165) is 30.5 Å². The highest BCUT2D eigenvalue weighted by Crippen LogP contribution is 2.32. The minimum Gasteiger partial charge on any atom is -0.355 e. The SMILES string of the molecule is CCCCC1=NOC(O)(c2ccccc2)C1. The molecule has 1 aliphatic heterocycles. The average Bonchev–Trinajstić information content (AvgIpc) is 2.71. The largest absolute Gasteiger partial charge is 0.355 e. The highest BCUT2D eigenvalue weighted by Gasteiger charge is 2.38. The number of rotatable bonds is 4. The molecule has 0 saturated carbocycles. The lowest BCUT2D eigenvalue weighted by Gasteiger charge is -2.19. The smallest absolute Gasteiger partial charge is 0.266 e. The lowest BCUT2D eigenvalue weighted by molar-refractivity contribution is -0.193. The molecule has 0 spiro atoms. The zero-order valence-electron chi connectivity index (χ0n) is 9.52. The van der Waals surface area contributed by atoms with E-state index in [2.05, 4.69) is 12.1 Å². The number of aliphatic hydroxyl groups is 1. The summed E-state index contributed by atoms with van der Waals surface area (Å²) in [6.45, 7) is 2.14. The Morgan fingerprint density at radius 1 is 1.38 bits per heavy atom. The third-order valence-corrected chi connectivity index (χ3v) is 2.81. The Morgan fingerprint density at radius 3 is 2.81 bits per heavy atom. The summed E-state index contributed by atoms with van der Waals surface area (Å²) in [5, 5.41) is 14.3. The number of benzene rings is 1. The maximum Gasteiger partial charge on any atom is 0.266 e. The first-order valence-corrected chi connectivity index (χ1v) is 5.76. The standard InChI is InChI=1S/C13H17NO2/c1-2-3-9-12-10-13(15,16-14-12)11-7-5-4-6-8-11/h4-8,15H,2-3,9-10H2,1H3. The summed E-state index contributed by atoms with van der Waals surface area (Å²) in [5.74, 6) is -1.25. The normalized spacial score (nSPS) is 24.0. The molecule has 0 radical (unpaired) electrons. The van der Waals surface area contributed by atoms with Crippen molar-refractivity contribution in [1.29, 1.82) is 0 Å². The number of hydrogen-bond acceptors (Lipinski definition) is 3. The highest BCUT2D eigenvalue weighted by atomic mass is 16.7. The van der Waals surface area contributed by atoms with E-state index >= 15 is 0 Å².